The van der Waals surface area contributed by atoms with E-state index in [9.17, 15) is 4.39 Å². The summed E-state index contributed by atoms with van der Waals surface area (Å²) in [5.74, 6) is 5.26. The predicted molar refractivity (Wildman–Crippen MR) is 76.4 cm³/mol. The van der Waals surface area contributed by atoms with Crippen LogP contribution in [-0.2, 0) is 6.42 Å². The molecule has 1 unspecified atom stereocenters. The first kappa shape index (κ1) is 14.0. The summed E-state index contributed by atoms with van der Waals surface area (Å²) in [5, 5.41) is 0.501. The molecule has 4 heteroatoms. The van der Waals surface area contributed by atoms with Crippen LogP contribution in [0.15, 0.2) is 42.5 Å². The molecule has 0 amide bonds. The monoisotopic (exact) mass is 278 g/mol. The van der Waals surface area contributed by atoms with Crippen molar-refractivity contribution in [1.29, 1.82) is 0 Å². The Bertz CT molecular complexity index is 572. The number of benzene rings is 2. The minimum atomic E-state index is -0.306. The number of aryl methyl sites for hydroxylation is 1. The van der Waals surface area contributed by atoms with E-state index in [2.05, 4.69) is 5.43 Å². The highest BCUT2D eigenvalue weighted by atomic mass is 35.5. The molecule has 2 nitrogen and oxygen atoms in total. The largest absolute Gasteiger partial charge is 0.271 e. The molecule has 0 aliphatic rings. The van der Waals surface area contributed by atoms with Gasteiger partial charge in [-0.15, -0.1) is 0 Å². The maximum Gasteiger partial charge on any atom is 0.128 e. The fourth-order valence-electron chi connectivity index (χ4n) is 2.10. The molecule has 0 bridgehead atoms. The van der Waals surface area contributed by atoms with E-state index >= 15 is 0 Å². The standard InChI is InChI=1S/C15H16ClFN2/c1-10-4-2-3-5-11(10)8-15(19-18)13-9-12(16)6-7-14(13)17/h2-7,9,15,19H,8,18H2,1H3. The fraction of sp³-hybridized carbons (Fsp3) is 0.200. The summed E-state index contributed by atoms with van der Waals surface area (Å²) in [6.45, 7) is 2.03. The maximum atomic E-state index is 13.9. The number of rotatable bonds is 4. The van der Waals surface area contributed by atoms with Gasteiger partial charge in [0.05, 0.1) is 6.04 Å². The van der Waals surface area contributed by atoms with Crippen molar-refractivity contribution in [2.24, 2.45) is 5.84 Å². The van der Waals surface area contributed by atoms with Crippen LogP contribution in [0.3, 0.4) is 0 Å². The quantitative estimate of drug-likeness (QED) is 0.663. The number of halogens is 2. The molecule has 0 heterocycles. The van der Waals surface area contributed by atoms with Crippen LogP contribution in [0.1, 0.15) is 22.7 Å². The predicted octanol–water partition coefficient (Wildman–Crippen LogP) is 3.53. The highest BCUT2D eigenvalue weighted by Crippen LogP contribution is 2.24. The van der Waals surface area contributed by atoms with Crippen molar-refractivity contribution >= 4 is 11.6 Å². The average molecular weight is 279 g/mol. The van der Waals surface area contributed by atoms with Crippen molar-refractivity contribution in [3.63, 3.8) is 0 Å². The molecule has 1 atom stereocenters. The highest BCUT2D eigenvalue weighted by molar-refractivity contribution is 6.30. The summed E-state index contributed by atoms with van der Waals surface area (Å²) in [7, 11) is 0. The smallest absolute Gasteiger partial charge is 0.128 e. The molecular formula is C15H16ClFN2. The molecule has 0 aliphatic carbocycles. The molecule has 3 N–H and O–H groups in total. The van der Waals surface area contributed by atoms with Crippen molar-refractivity contribution in [2.45, 2.75) is 19.4 Å². The summed E-state index contributed by atoms with van der Waals surface area (Å²) >= 11 is 5.92. The molecule has 0 saturated heterocycles. The number of nitrogens with one attached hydrogen (secondary N) is 1. The Labute approximate surface area is 117 Å². The van der Waals surface area contributed by atoms with Gasteiger partial charge in [-0.25, -0.2) is 4.39 Å². The minimum absolute atomic E-state index is 0.305. The first-order valence-corrected chi connectivity index (χ1v) is 6.45. The molecule has 2 aromatic rings. The van der Waals surface area contributed by atoms with E-state index < -0.39 is 0 Å². The van der Waals surface area contributed by atoms with Gasteiger partial charge in [-0.2, -0.15) is 0 Å². The summed E-state index contributed by atoms with van der Waals surface area (Å²) in [6.07, 6.45) is 0.612. The zero-order valence-electron chi connectivity index (χ0n) is 10.7. The van der Waals surface area contributed by atoms with Crippen LogP contribution < -0.4 is 11.3 Å². The van der Waals surface area contributed by atoms with E-state index in [4.69, 9.17) is 17.4 Å². The third kappa shape index (κ3) is 3.32. The van der Waals surface area contributed by atoms with E-state index in [1.165, 1.54) is 12.1 Å². The third-order valence-corrected chi connectivity index (χ3v) is 3.46. The van der Waals surface area contributed by atoms with Gasteiger partial charge in [0, 0.05) is 10.6 Å². The molecule has 0 saturated carbocycles. The molecular weight excluding hydrogens is 263 g/mol. The molecule has 0 aliphatic heterocycles. The molecule has 0 radical (unpaired) electrons. The zero-order valence-corrected chi connectivity index (χ0v) is 11.4. The van der Waals surface area contributed by atoms with E-state index in [1.807, 2.05) is 31.2 Å². The second kappa shape index (κ2) is 6.15. The van der Waals surface area contributed by atoms with Crippen molar-refractivity contribution < 1.29 is 4.39 Å². The van der Waals surface area contributed by atoms with E-state index in [1.54, 1.807) is 6.07 Å². The maximum absolute atomic E-state index is 13.9. The van der Waals surface area contributed by atoms with E-state index in [0.29, 0.717) is 17.0 Å². The van der Waals surface area contributed by atoms with Gasteiger partial charge in [0.25, 0.3) is 0 Å². The second-order valence-corrected chi connectivity index (χ2v) is 4.95. The Kier molecular flexibility index (Phi) is 4.53. The van der Waals surface area contributed by atoms with Crippen LogP contribution in [0.25, 0.3) is 0 Å². The zero-order chi connectivity index (χ0) is 13.8. The number of hydrogen-bond donors (Lipinski definition) is 2. The molecule has 0 spiro atoms. The molecule has 0 aromatic heterocycles. The van der Waals surface area contributed by atoms with Gasteiger partial charge < -0.3 is 0 Å². The van der Waals surface area contributed by atoms with Crippen molar-refractivity contribution in [1.82, 2.24) is 5.43 Å². The number of nitrogens with two attached hydrogens (primary N) is 1. The van der Waals surface area contributed by atoms with Gasteiger partial charge in [0.15, 0.2) is 0 Å². The highest BCUT2D eigenvalue weighted by Gasteiger charge is 2.16. The summed E-state index contributed by atoms with van der Waals surface area (Å²) < 4.78 is 13.9. The van der Waals surface area contributed by atoms with Crippen LogP contribution in [0.2, 0.25) is 5.02 Å². The average Bonchev–Trinajstić information content (AvgIpc) is 2.41. The Morgan fingerprint density at radius 1 is 1.26 bits per heavy atom. The van der Waals surface area contributed by atoms with Crippen molar-refractivity contribution in [3.05, 3.63) is 70.0 Å². The Morgan fingerprint density at radius 3 is 2.68 bits per heavy atom. The van der Waals surface area contributed by atoms with E-state index in [0.717, 1.165) is 11.1 Å². The summed E-state index contributed by atoms with van der Waals surface area (Å²) in [6, 6.07) is 12.2. The van der Waals surface area contributed by atoms with Gasteiger partial charge in [-0.1, -0.05) is 35.9 Å². The van der Waals surface area contributed by atoms with Gasteiger partial charge in [-0.05, 0) is 42.7 Å². The lowest BCUT2D eigenvalue weighted by atomic mass is 9.96. The number of hydrazine groups is 1. The molecule has 19 heavy (non-hydrogen) atoms. The third-order valence-electron chi connectivity index (χ3n) is 3.22. The van der Waals surface area contributed by atoms with Crippen LogP contribution in [-0.4, -0.2) is 0 Å². The summed E-state index contributed by atoms with van der Waals surface area (Å²) in [4.78, 5) is 0. The van der Waals surface area contributed by atoms with Gasteiger partial charge in [0.1, 0.15) is 5.82 Å². The van der Waals surface area contributed by atoms with Gasteiger partial charge in [0.2, 0.25) is 0 Å². The fourth-order valence-corrected chi connectivity index (χ4v) is 2.28. The molecule has 100 valence electrons. The van der Waals surface area contributed by atoms with Crippen LogP contribution in [0.4, 0.5) is 4.39 Å². The van der Waals surface area contributed by atoms with Crippen LogP contribution in [0.5, 0.6) is 0 Å². The second-order valence-electron chi connectivity index (χ2n) is 4.52. The first-order chi connectivity index (χ1) is 9.11. The lowest BCUT2D eigenvalue weighted by Gasteiger charge is -2.18. The van der Waals surface area contributed by atoms with Gasteiger partial charge in [-0.3, -0.25) is 11.3 Å². The molecule has 2 aromatic carbocycles. The minimum Gasteiger partial charge on any atom is -0.271 e. The number of hydrogen-bond acceptors (Lipinski definition) is 2. The van der Waals surface area contributed by atoms with Crippen LogP contribution >= 0.6 is 11.6 Å². The van der Waals surface area contributed by atoms with Gasteiger partial charge >= 0.3 is 0 Å². The van der Waals surface area contributed by atoms with Crippen molar-refractivity contribution in [3.8, 4) is 0 Å². The molecule has 2 rings (SSSR count). The van der Waals surface area contributed by atoms with E-state index in [-0.39, 0.29) is 11.9 Å². The lowest BCUT2D eigenvalue weighted by Crippen LogP contribution is -2.30. The summed E-state index contributed by atoms with van der Waals surface area (Å²) in [5.41, 5.74) is 5.44. The Balaban J connectivity index is 2.30. The lowest BCUT2D eigenvalue weighted by molar-refractivity contribution is 0.510. The first-order valence-electron chi connectivity index (χ1n) is 6.07. The van der Waals surface area contributed by atoms with Crippen molar-refractivity contribution in [2.75, 3.05) is 0 Å². The van der Waals surface area contributed by atoms with Crippen LogP contribution in [0, 0.1) is 12.7 Å². The Morgan fingerprint density at radius 2 is 2.00 bits per heavy atom. The Hall–Kier alpha value is -1.42. The normalized spacial score (nSPS) is 12.4. The molecule has 0 fully saturated rings. The topological polar surface area (TPSA) is 38.0 Å². The SMILES string of the molecule is Cc1ccccc1CC(NN)c1cc(Cl)ccc1F.